The Labute approximate surface area is 123 Å². The maximum absolute atomic E-state index is 9.99. The SMILES string of the molecule is CCCCCCCCC(CCC)c1cc(O)ccc1O. The molecule has 1 aromatic rings. The second-order valence-electron chi connectivity index (χ2n) is 5.79. The maximum atomic E-state index is 9.99. The fourth-order valence-electron chi connectivity index (χ4n) is 2.84. The molecule has 1 aromatic carbocycles. The van der Waals surface area contributed by atoms with Crippen LogP contribution in [0.25, 0.3) is 0 Å². The predicted molar refractivity (Wildman–Crippen MR) is 85.4 cm³/mol. The highest BCUT2D eigenvalue weighted by Crippen LogP contribution is 2.35. The van der Waals surface area contributed by atoms with Gasteiger partial charge in [0.15, 0.2) is 0 Å². The van der Waals surface area contributed by atoms with E-state index in [4.69, 9.17) is 0 Å². The van der Waals surface area contributed by atoms with E-state index in [0.29, 0.717) is 11.7 Å². The van der Waals surface area contributed by atoms with Crippen molar-refractivity contribution in [1.82, 2.24) is 0 Å². The predicted octanol–water partition coefficient (Wildman–Crippen LogP) is 5.73. The highest BCUT2D eigenvalue weighted by atomic mass is 16.3. The number of phenolic OH excluding ortho intramolecular Hbond substituents is 2. The largest absolute Gasteiger partial charge is 0.508 e. The van der Waals surface area contributed by atoms with E-state index < -0.39 is 0 Å². The van der Waals surface area contributed by atoms with Crippen LogP contribution in [0.1, 0.15) is 83.1 Å². The molecule has 0 saturated carbocycles. The van der Waals surface area contributed by atoms with Gasteiger partial charge in [-0.25, -0.2) is 0 Å². The zero-order valence-electron chi connectivity index (χ0n) is 13.1. The van der Waals surface area contributed by atoms with E-state index in [2.05, 4.69) is 13.8 Å². The zero-order chi connectivity index (χ0) is 14.8. The molecule has 0 spiro atoms. The van der Waals surface area contributed by atoms with Crippen LogP contribution in [0.4, 0.5) is 0 Å². The second kappa shape index (κ2) is 9.68. The molecule has 1 rings (SSSR count). The molecule has 0 aromatic heterocycles. The first kappa shape index (κ1) is 16.9. The topological polar surface area (TPSA) is 40.5 Å². The lowest BCUT2D eigenvalue weighted by Crippen LogP contribution is -1.99. The Bertz CT molecular complexity index is 374. The molecule has 0 fully saturated rings. The van der Waals surface area contributed by atoms with E-state index in [-0.39, 0.29) is 5.75 Å². The lowest BCUT2D eigenvalue weighted by atomic mass is 9.88. The van der Waals surface area contributed by atoms with Crippen LogP contribution in [0.5, 0.6) is 11.5 Å². The van der Waals surface area contributed by atoms with E-state index in [9.17, 15) is 10.2 Å². The molecule has 0 heterocycles. The number of hydrogen-bond donors (Lipinski definition) is 2. The van der Waals surface area contributed by atoms with Gasteiger partial charge in [0.05, 0.1) is 0 Å². The summed E-state index contributed by atoms with van der Waals surface area (Å²) in [6.45, 7) is 4.41. The molecule has 0 saturated heterocycles. The van der Waals surface area contributed by atoms with Crippen LogP contribution in [-0.2, 0) is 0 Å². The minimum Gasteiger partial charge on any atom is -0.508 e. The molecule has 0 aliphatic rings. The molecule has 2 heteroatoms. The molecule has 0 aliphatic carbocycles. The fourth-order valence-corrected chi connectivity index (χ4v) is 2.84. The lowest BCUT2D eigenvalue weighted by molar-refractivity contribution is 0.435. The third-order valence-corrected chi connectivity index (χ3v) is 3.99. The average Bonchev–Trinajstić information content (AvgIpc) is 2.44. The van der Waals surface area contributed by atoms with Crippen molar-refractivity contribution in [1.29, 1.82) is 0 Å². The fraction of sp³-hybridized carbons (Fsp3) is 0.667. The van der Waals surface area contributed by atoms with Crippen molar-refractivity contribution in [3.05, 3.63) is 23.8 Å². The van der Waals surface area contributed by atoms with Gasteiger partial charge in [-0.05, 0) is 37.0 Å². The lowest BCUT2D eigenvalue weighted by Gasteiger charge is -2.18. The van der Waals surface area contributed by atoms with Crippen molar-refractivity contribution in [2.45, 2.75) is 77.6 Å². The smallest absolute Gasteiger partial charge is 0.119 e. The highest BCUT2D eigenvalue weighted by molar-refractivity contribution is 5.40. The van der Waals surface area contributed by atoms with Gasteiger partial charge in [0.2, 0.25) is 0 Å². The second-order valence-corrected chi connectivity index (χ2v) is 5.79. The molecular weight excluding hydrogens is 248 g/mol. The Kier molecular flexibility index (Phi) is 8.17. The first-order valence-corrected chi connectivity index (χ1v) is 8.20. The van der Waals surface area contributed by atoms with Crippen molar-refractivity contribution >= 4 is 0 Å². The first-order chi connectivity index (χ1) is 9.69. The Morgan fingerprint density at radius 1 is 0.850 bits per heavy atom. The summed E-state index contributed by atoms with van der Waals surface area (Å²) in [5.74, 6) is 0.951. The normalized spacial score (nSPS) is 12.5. The van der Waals surface area contributed by atoms with E-state index >= 15 is 0 Å². The summed E-state index contributed by atoms with van der Waals surface area (Å²) in [6, 6.07) is 4.88. The van der Waals surface area contributed by atoms with Crippen LogP contribution < -0.4 is 0 Å². The molecule has 2 N–H and O–H groups in total. The van der Waals surface area contributed by atoms with Crippen LogP contribution in [-0.4, -0.2) is 10.2 Å². The third-order valence-electron chi connectivity index (χ3n) is 3.99. The average molecular weight is 278 g/mol. The van der Waals surface area contributed by atoms with Crippen molar-refractivity contribution in [3.63, 3.8) is 0 Å². The van der Waals surface area contributed by atoms with Crippen molar-refractivity contribution in [2.75, 3.05) is 0 Å². The Morgan fingerprint density at radius 3 is 2.25 bits per heavy atom. The number of phenols is 2. The number of rotatable bonds is 10. The molecule has 0 amide bonds. The minimum atomic E-state index is 0.252. The molecule has 0 bridgehead atoms. The molecule has 2 nitrogen and oxygen atoms in total. The number of unbranched alkanes of at least 4 members (excludes halogenated alkanes) is 5. The summed E-state index contributed by atoms with van der Waals surface area (Å²) in [5.41, 5.74) is 0.917. The molecule has 0 aliphatic heterocycles. The van der Waals surface area contributed by atoms with Crippen molar-refractivity contribution < 1.29 is 10.2 Å². The summed E-state index contributed by atoms with van der Waals surface area (Å²) < 4.78 is 0. The van der Waals surface area contributed by atoms with Gasteiger partial charge in [0.25, 0.3) is 0 Å². The number of hydrogen-bond acceptors (Lipinski definition) is 2. The first-order valence-electron chi connectivity index (χ1n) is 8.20. The van der Waals surface area contributed by atoms with Gasteiger partial charge >= 0.3 is 0 Å². The molecule has 0 radical (unpaired) electrons. The molecule has 1 atom stereocenters. The maximum Gasteiger partial charge on any atom is 0.119 e. The van der Waals surface area contributed by atoms with Gasteiger partial charge in [-0.2, -0.15) is 0 Å². The van der Waals surface area contributed by atoms with Gasteiger partial charge in [0.1, 0.15) is 11.5 Å². The van der Waals surface area contributed by atoms with Crippen LogP contribution in [0.2, 0.25) is 0 Å². The highest BCUT2D eigenvalue weighted by Gasteiger charge is 2.15. The third kappa shape index (κ3) is 5.85. The number of benzene rings is 1. The Balaban J connectivity index is 2.49. The quantitative estimate of drug-likeness (QED) is 0.423. The van der Waals surface area contributed by atoms with E-state index in [1.54, 1.807) is 18.2 Å². The van der Waals surface area contributed by atoms with E-state index in [0.717, 1.165) is 24.8 Å². The standard InChI is InChI=1S/C18H30O2/c1-3-5-6-7-8-9-11-15(10-4-2)17-14-16(19)12-13-18(17)20/h12-15,19-20H,3-11H2,1-2H3. The van der Waals surface area contributed by atoms with E-state index in [1.807, 2.05) is 0 Å². The van der Waals surface area contributed by atoms with Crippen LogP contribution >= 0.6 is 0 Å². The molecule has 114 valence electrons. The van der Waals surface area contributed by atoms with Gasteiger partial charge in [-0.15, -0.1) is 0 Å². The zero-order valence-corrected chi connectivity index (χ0v) is 13.1. The van der Waals surface area contributed by atoms with Gasteiger partial charge < -0.3 is 10.2 Å². The minimum absolute atomic E-state index is 0.252. The molecular formula is C18H30O2. The van der Waals surface area contributed by atoms with Crippen LogP contribution in [0, 0.1) is 0 Å². The Morgan fingerprint density at radius 2 is 1.55 bits per heavy atom. The molecule has 1 unspecified atom stereocenters. The van der Waals surface area contributed by atoms with Gasteiger partial charge in [0, 0.05) is 5.56 Å². The van der Waals surface area contributed by atoms with Gasteiger partial charge in [-0.3, -0.25) is 0 Å². The summed E-state index contributed by atoms with van der Waals surface area (Å²) >= 11 is 0. The number of aromatic hydroxyl groups is 2. The molecule has 20 heavy (non-hydrogen) atoms. The van der Waals surface area contributed by atoms with Crippen LogP contribution in [0.3, 0.4) is 0 Å². The van der Waals surface area contributed by atoms with Gasteiger partial charge in [-0.1, -0.05) is 58.8 Å². The summed E-state index contributed by atoms with van der Waals surface area (Å²) in [6.07, 6.45) is 11.1. The van der Waals surface area contributed by atoms with Crippen molar-refractivity contribution in [3.8, 4) is 11.5 Å². The summed E-state index contributed by atoms with van der Waals surface area (Å²) in [7, 11) is 0. The Hall–Kier alpha value is -1.18. The summed E-state index contributed by atoms with van der Waals surface area (Å²) in [4.78, 5) is 0. The van der Waals surface area contributed by atoms with Crippen LogP contribution in [0.15, 0.2) is 18.2 Å². The monoisotopic (exact) mass is 278 g/mol. The van der Waals surface area contributed by atoms with Crippen molar-refractivity contribution in [2.24, 2.45) is 0 Å². The summed E-state index contributed by atoms with van der Waals surface area (Å²) in [5, 5.41) is 19.6. The van der Waals surface area contributed by atoms with E-state index in [1.165, 1.54) is 38.5 Å².